The second kappa shape index (κ2) is 6.16. The molecule has 2 rings (SSSR count). The first kappa shape index (κ1) is 14.0. The van der Waals surface area contributed by atoms with Gasteiger partial charge in [0.25, 0.3) is 5.56 Å². The van der Waals surface area contributed by atoms with Crippen LogP contribution in [0.25, 0.3) is 11.4 Å². The van der Waals surface area contributed by atoms with Crippen molar-refractivity contribution < 1.29 is 9.47 Å². The Balaban J connectivity index is 2.59. The monoisotopic (exact) mass is 372 g/mol. The van der Waals surface area contributed by atoms with Crippen molar-refractivity contribution >= 4 is 22.6 Å². The summed E-state index contributed by atoms with van der Waals surface area (Å²) >= 11 is 1.96. The normalized spacial score (nSPS) is 10.5. The first-order chi connectivity index (χ1) is 9.17. The molecule has 0 unspecified atom stereocenters. The second-order valence-corrected chi connectivity index (χ2v) is 4.89. The van der Waals surface area contributed by atoms with Crippen molar-refractivity contribution in [2.45, 2.75) is 6.61 Å². The van der Waals surface area contributed by atoms with Crippen LogP contribution >= 0.6 is 22.6 Å². The molecule has 0 aliphatic carbocycles. The first-order valence-corrected chi connectivity index (χ1v) is 6.66. The number of methoxy groups -OCH3 is 2. The zero-order chi connectivity index (χ0) is 13.8. The van der Waals surface area contributed by atoms with Gasteiger partial charge in [0.1, 0.15) is 15.1 Å². The number of para-hydroxylation sites is 1. The van der Waals surface area contributed by atoms with Crippen LogP contribution in [-0.2, 0) is 11.3 Å². The van der Waals surface area contributed by atoms with Crippen molar-refractivity contribution in [3.63, 3.8) is 0 Å². The number of aromatic amines is 1. The van der Waals surface area contributed by atoms with E-state index in [9.17, 15) is 4.79 Å². The molecule has 6 heteroatoms. The topological polar surface area (TPSA) is 64.2 Å². The lowest BCUT2D eigenvalue weighted by Crippen LogP contribution is -2.17. The molecule has 19 heavy (non-hydrogen) atoms. The molecule has 0 saturated heterocycles. The minimum absolute atomic E-state index is 0.177. The van der Waals surface area contributed by atoms with Crippen LogP contribution in [0.4, 0.5) is 0 Å². The van der Waals surface area contributed by atoms with Crippen LogP contribution in [-0.4, -0.2) is 24.2 Å². The third-order valence-electron chi connectivity index (χ3n) is 2.57. The maximum Gasteiger partial charge on any atom is 0.264 e. The Morgan fingerprint density at radius 3 is 2.74 bits per heavy atom. The first-order valence-electron chi connectivity index (χ1n) is 5.58. The van der Waals surface area contributed by atoms with E-state index >= 15 is 0 Å². The fourth-order valence-corrected chi connectivity index (χ4v) is 2.12. The van der Waals surface area contributed by atoms with Gasteiger partial charge in [-0.2, -0.15) is 0 Å². The van der Waals surface area contributed by atoms with Gasteiger partial charge in [-0.1, -0.05) is 12.1 Å². The molecule has 0 spiro atoms. The highest BCUT2D eigenvalue weighted by molar-refractivity contribution is 14.1. The molecule has 1 aromatic carbocycles. The lowest BCUT2D eigenvalue weighted by atomic mass is 10.2. The van der Waals surface area contributed by atoms with Crippen LogP contribution in [0, 0.1) is 3.57 Å². The van der Waals surface area contributed by atoms with Crippen molar-refractivity contribution in [1.82, 2.24) is 9.97 Å². The average molecular weight is 372 g/mol. The SMILES string of the molecule is COCc1nc(-c2ccccc2OC)[nH]c(=O)c1I. The number of H-pyrrole nitrogens is 1. The van der Waals surface area contributed by atoms with Gasteiger partial charge in [-0.25, -0.2) is 4.98 Å². The van der Waals surface area contributed by atoms with E-state index < -0.39 is 0 Å². The Morgan fingerprint density at radius 2 is 2.05 bits per heavy atom. The zero-order valence-corrected chi connectivity index (χ0v) is 12.7. The molecule has 2 aromatic rings. The van der Waals surface area contributed by atoms with E-state index in [2.05, 4.69) is 9.97 Å². The molecule has 0 radical (unpaired) electrons. The maximum atomic E-state index is 11.9. The van der Waals surface area contributed by atoms with Gasteiger partial charge in [0.2, 0.25) is 0 Å². The quantitative estimate of drug-likeness (QED) is 0.836. The van der Waals surface area contributed by atoms with Gasteiger partial charge in [-0.15, -0.1) is 0 Å². The van der Waals surface area contributed by atoms with Crippen LogP contribution in [0.1, 0.15) is 5.69 Å². The molecular formula is C13H13IN2O3. The molecule has 0 aliphatic rings. The van der Waals surface area contributed by atoms with E-state index in [1.54, 1.807) is 14.2 Å². The van der Waals surface area contributed by atoms with Crippen LogP contribution in [0.5, 0.6) is 5.75 Å². The molecule has 100 valence electrons. The predicted octanol–water partition coefficient (Wildman–Crippen LogP) is 2.20. The summed E-state index contributed by atoms with van der Waals surface area (Å²) in [4.78, 5) is 19.1. The predicted molar refractivity (Wildman–Crippen MR) is 80.3 cm³/mol. The summed E-state index contributed by atoms with van der Waals surface area (Å²) in [5.41, 5.74) is 1.19. The highest BCUT2D eigenvalue weighted by Crippen LogP contribution is 2.26. The summed E-state index contributed by atoms with van der Waals surface area (Å²) in [5.74, 6) is 1.14. The van der Waals surface area contributed by atoms with Crippen LogP contribution in [0.15, 0.2) is 29.1 Å². The number of rotatable bonds is 4. The van der Waals surface area contributed by atoms with Crippen molar-refractivity contribution in [2.75, 3.05) is 14.2 Å². The standard InChI is InChI=1S/C13H13IN2O3/c1-18-7-9-11(14)13(17)16-12(15-9)8-5-3-4-6-10(8)19-2/h3-6H,7H2,1-2H3,(H,15,16,17). The number of hydrogen-bond donors (Lipinski definition) is 1. The minimum atomic E-state index is -0.177. The van der Waals surface area contributed by atoms with Crippen LogP contribution in [0.2, 0.25) is 0 Å². The number of hydrogen-bond acceptors (Lipinski definition) is 4. The average Bonchev–Trinajstić information content (AvgIpc) is 2.43. The lowest BCUT2D eigenvalue weighted by molar-refractivity contribution is 0.180. The molecular weight excluding hydrogens is 359 g/mol. The number of halogens is 1. The minimum Gasteiger partial charge on any atom is -0.496 e. The third-order valence-corrected chi connectivity index (χ3v) is 3.69. The van der Waals surface area contributed by atoms with Crippen LogP contribution in [0.3, 0.4) is 0 Å². The van der Waals surface area contributed by atoms with Gasteiger partial charge in [0.05, 0.1) is 25.0 Å². The number of ether oxygens (including phenoxy) is 2. The van der Waals surface area contributed by atoms with Gasteiger partial charge in [-0.3, -0.25) is 4.79 Å². The highest BCUT2D eigenvalue weighted by Gasteiger charge is 2.12. The number of aromatic nitrogens is 2. The van der Waals surface area contributed by atoms with E-state index in [-0.39, 0.29) is 5.56 Å². The van der Waals surface area contributed by atoms with Crippen LogP contribution < -0.4 is 10.3 Å². The maximum absolute atomic E-state index is 11.9. The summed E-state index contributed by atoms with van der Waals surface area (Å²) in [6.07, 6.45) is 0. The number of benzene rings is 1. The molecule has 0 bridgehead atoms. The van der Waals surface area contributed by atoms with Gasteiger partial charge >= 0.3 is 0 Å². The molecule has 5 nitrogen and oxygen atoms in total. The lowest BCUT2D eigenvalue weighted by Gasteiger charge is -2.09. The largest absolute Gasteiger partial charge is 0.496 e. The van der Waals surface area contributed by atoms with E-state index in [4.69, 9.17) is 9.47 Å². The molecule has 1 heterocycles. The fourth-order valence-electron chi connectivity index (χ4n) is 1.71. The molecule has 1 N–H and O–H groups in total. The number of nitrogens with one attached hydrogen (secondary N) is 1. The van der Waals surface area contributed by atoms with Gasteiger partial charge in [-0.05, 0) is 34.7 Å². The fraction of sp³-hybridized carbons (Fsp3) is 0.231. The second-order valence-electron chi connectivity index (χ2n) is 3.81. The summed E-state index contributed by atoms with van der Waals surface area (Å²) in [5, 5.41) is 0. The molecule has 0 amide bonds. The third kappa shape index (κ3) is 2.95. The Hall–Kier alpha value is -1.41. The summed E-state index contributed by atoms with van der Waals surface area (Å²) in [6.45, 7) is 0.296. The van der Waals surface area contributed by atoms with E-state index in [1.165, 1.54) is 0 Å². The van der Waals surface area contributed by atoms with Crippen molar-refractivity contribution in [1.29, 1.82) is 0 Å². The zero-order valence-electron chi connectivity index (χ0n) is 10.6. The van der Waals surface area contributed by atoms with E-state index in [0.29, 0.717) is 27.4 Å². The Labute approximate surface area is 124 Å². The highest BCUT2D eigenvalue weighted by atomic mass is 127. The molecule has 0 aliphatic heterocycles. The molecule has 0 atom stereocenters. The van der Waals surface area contributed by atoms with E-state index in [1.807, 2.05) is 46.9 Å². The van der Waals surface area contributed by atoms with Crippen molar-refractivity contribution in [3.05, 3.63) is 43.9 Å². The number of nitrogens with zero attached hydrogens (tertiary/aromatic N) is 1. The molecule has 0 saturated carbocycles. The molecule has 1 aromatic heterocycles. The molecule has 0 fully saturated rings. The summed E-state index contributed by atoms with van der Waals surface area (Å²) in [6, 6.07) is 7.40. The Bertz CT molecular complexity index is 640. The summed E-state index contributed by atoms with van der Waals surface area (Å²) in [7, 11) is 3.15. The van der Waals surface area contributed by atoms with E-state index in [0.717, 1.165) is 5.56 Å². The van der Waals surface area contributed by atoms with Gasteiger partial charge in [0, 0.05) is 7.11 Å². The van der Waals surface area contributed by atoms with Crippen molar-refractivity contribution in [3.8, 4) is 17.1 Å². The van der Waals surface area contributed by atoms with Gasteiger partial charge < -0.3 is 14.5 Å². The Kier molecular flexibility index (Phi) is 4.54. The summed E-state index contributed by atoms with van der Waals surface area (Å²) < 4.78 is 10.9. The van der Waals surface area contributed by atoms with Gasteiger partial charge in [0.15, 0.2) is 0 Å². The van der Waals surface area contributed by atoms with Crippen molar-refractivity contribution in [2.24, 2.45) is 0 Å². The Morgan fingerprint density at radius 1 is 1.32 bits per heavy atom. The smallest absolute Gasteiger partial charge is 0.264 e.